The summed E-state index contributed by atoms with van der Waals surface area (Å²) < 4.78 is 11.5. The third-order valence-corrected chi connectivity index (χ3v) is 5.95. The molecule has 1 aliphatic carbocycles. The third-order valence-electron chi connectivity index (χ3n) is 5.05. The van der Waals surface area contributed by atoms with Crippen molar-refractivity contribution in [2.75, 3.05) is 20.3 Å². The second-order valence-corrected chi connectivity index (χ2v) is 7.48. The number of thiophene rings is 1. The van der Waals surface area contributed by atoms with Crippen LogP contribution in [0.1, 0.15) is 49.8 Å². The van der Waals surface area contributed by atoms with Gasteiger partial charge in [0.15, 0.2) is 0 Å². The molecule has 1 aliphatic heterocycles. The van der Waals surface area contributed by atoms with E-state index in [4.69, 9.17) is 9.47 Å². The van der Waals surface area contributed by atoms with Crippen LogP contribution >= 0.6 is 11.3 Å². The highest BCUT2D eigenvalue weighted by Gasteiger charge is 2.39. The molecule has 0 unspecified atom stereocenters. The van der Waals surface area contributed by atoms with Crippen LogP contribution < -0.4 is 10.1 Å². The Balaban J connectivity index is 1.39. The molecule has 1 aromatic heterocycles. The quantitative estimate of drug-likeness (QED) is 0.806. The fraction of sp³-hybridized carbons (Fsp3) is 0.765. The summed E-state index contributed by atoms with van der Waals surface area (Å²) in [6, 6.07) is 2.05. The maximum Gasteiger partial charge on any atom is 0.134 e. The molecule has 2 heterocycles. The maximum absolute atomic E-state index is 6.12. The largest absolute Gasteiger partial charge is 0.496 e. The normalized spacial score (nSPS) is 24.5. The summed E-state index contributed by atoms with van der Waals surface area (Å²) in [5.41, 5.74) is 0.264. The summed E-state index contributed by atoms with van der Waals surface area (Å²) in [4.78, 5) is 1.30. The lowest BCUT2D eigenvalue weighted by Crippen LogP contribution is -2.38. The van der Waals surface area contributed by atoms with Crippen molar-refractivity contribution in [2.45, 2.75) is 57.1 Å². The van der Waals surface area contributed by atoms with Crippen molar-refractivity contribution in [1.82, 2.24) is 5.32 Å². The van der Waals surface area contributed by atoms with E-state index in [1.54, 1.807) is 18.4 Å². The maximum atomic E-state index is 6.12. The van der Waals surface area contributed by atoms with E-state index >= 15 is 0 Å². The lowest BCUT2D eigenvalue weighted by atomic mass is 9.83. The predicted molar refractivity (Wildman–Crippen MR) is 87.1 cm³/mol. The number of nitrogens with one attached hydrogen (secondary N) is 1. The van der Waals surface area contributed by atoms with Gasteiger partial charge in [-0.25, -0.2) is 0 Å². The summed E-state index contributed by atoms with van der Waals surface area (Å²) in [7, 11) is 1.74. The Labute approximate surface area is 132 Å². The van der Waals surface area contributed by atoms with E-state index in [9.17, 15) is 0 Å². The SMILES string of the molecule is COc1ccsc1CNCC[C@H]1CCOC2(CCCC2)C1. The number of rotatable bonds is 6. The molecule has 1 N–H and O–H groups in total. The van der Waals surface area contributed by atoms with Crippen LogP contribution in [0.15, 0.2) is 11.4 Å². The summed E-state index contributed by atoms with van der Waals surface area (Å²) in [6.45, 7) is 3.00. The molecule has 4 heteroatoms. The lowest BCUT2D eigenvalue weighted by molar-refractivity contribution is -0.0934. The van der Waals surface area contributed by atoms with Gasteiger partial charge >= 0.3 is 0 Å². The molecule has 1 aromatic rings. The minimum absolute atomic E-state index is 0.264. The van der Waals surface area contributed by atoms with Crippen LogP contribution in [0, 0.1) is 5.92 Å². The van der Waals surface area contributed by atoms with Crippen LogP contribution in [0.2, 0.25) is 0 Å². The van der Waals surface area contributed by atoms with E-state index in [1.165, 1.54) is 49.8 Å². The van der Waals surface area contributed by atoms with Gasteiger partial charge in [-0.3, -0.25) is 0 Å². The molecule has 3 rings (SSSR count). The molecule has 0 aromatic carbocycles. The molecule has 0 bridgehead atoms. The van der Waals surface area contributed by atoms with E-state index in [2.05, 4.69) is 10.7 Å². The summed E-state index contributed by atoms with van der Waals surface area (Å²) >= 11 is 1.77. The Morgan fingerprint density at radius 1 is 1.43 bits per heavy atom. The predicted octanol–water partition coefficient (Wildman–Crippen LogP) is 3.98. The molecule has 2 fully saturated rings. The van der Waals surface area contributed by atoms with E-state index < -0.39 is 0 Å². The van der Waals surface area contributed by atoms with Crippen molar-refractivity contribution < 1.29 is 9.47 Å². The first-order valence-corrected chi connectivity index (χ1v) is 9.14. The van der Waals surface area contributed by atoms with Crippen LogP contribution in [-0.2, 0) is 11.3 Å². The fourth-order valence-corrected chi connectivity index (χ4v) is 4.70. The van der Waals surface area contributed by atoms with Crippen molar-refractivity contribution in [3.8, 4) is 5.75 Å². The minimum Gasteiger partial charge on any atom is -0.496 e. The topological polar surface area (TPSA) is 30.5 Å². The zero-order valence-corrected chi connectivity index (χ0v) is 13.8. The van der Waals surface area contributed by atoms with Crippen LogP contribution in [0.5, 0.6) is 5.75 Å². The zero-order chi connectivity index (χ0) is 14.5. The second-order valence-electron chi connectivity index (χ2n) is 6.48. The molecule has 118 valence electrons. The van der Waals surface area contributed by atoms with Gasteiger partial charge in [0.1, 0.15) is 5.75 Å². The first-order valence-electron chi connectivity index (χ1n) is 8.26. The zero-order valence-electron chi connectivity index (χ0n) is 13.0. The van der Waals surface area contributed by atoms with Crippen LogP contribution in [0.4, 0.5) is 0 Å². The van der Waals surface area contributed by atoms with Crippen molar-refractivity contribution in [1.29, 1.82) is 0 Å². The molecule has 0 amide bonds. The van der Waals surface area contributed by atoms with Gasteiger partial charge in [0.25, 0.3) is 0 Å². The number of methoxy groups -OCH3 is 1. The highest BCUT2D eigenvalue weighted by molar-refractivity contribution is 7.10. The minimum atomic E-state index is 0.264. The van der Waals surface area contributed by atoms with E-state index in [-0.39, 0.29) is 5.60 Å². The third kappa shape index (κ3) is 3.79. The van der Waals surface area contributed by atoms with Crippen molar-refractivity contribution in [3.63, 3.8) is 0 Å². The summed E-state index contributed by atoms with van der Waals surface area (Å²) in [5, 5.41) is 5.67. The Kier molecular flexibility index (Phi) is 5.19. The molecule has 1 saturated carbocycles. The molecule has 1 spiro atoms. The van der Waals surface area contributed by atoms with Gasteiger partial charge in [-0.15, -0.1) is 11.3 Å². The average molecular weight is 309 g/mol. The summed E-state index contributed by atoms with van der Waals surface area (Å²) in [5.74, 6) is 1.86. The number of ether oxygens (including phenoxy) is 2. The van der Waals surface area contributed by atoms with Gasteiger partial charge in [-0.05, 0) is 56.0 Å². The van der Waals surface area contributed by atoms with Gasteiger partial charge in [0.2, 0.25) is 0 Å². The molecule has 1 saturated heterocycles. The van der Waals surface area contributed by atoms with E-state index in [1.807, 2.05) is 6.07 Å². The Morgan fingerprint density at radius 2 is 2.29 bits per heavy atom. The van der Waals surface area contributed by atoms with Crippen LogP contribution in [0.25, 0.3) is 0 Å². The van der Waals surface area contributed by atoms with Gasteiger partial charge in [-0.1, -0.05) is 12.8 Å². The Hall–Kier alpha value is -0.580. The standard InChI is InChI=1S/C17H27NO2S/c1-19-15-6-11-21-16(15)13-18-9-4-14-5-10-20-17(12-14)7-2-3-8-17/h6,11,14,18H,2-5,7-10,12-13H2,1H3/t14-/m0/s1. The van der Waals surface area contributed by atoms with Gasteiger partial charge in [-0.2, -0.15) is 0 Å². The van der Waals surface area contributed by atoms with E-state index in [0.717, 1.165) is 31.4 Å². The van der Waals surface area contributed by atoms with Crippen LogP contribution in [0.3, 0.4) is 0 Å². The second kappa shape index (κ2) is 7.12. The van der Waals surface area contributed by atoms with Gasteiger partial charge in [0, 0.05) is 13.2 Å². The first-order chi connectivity index (χ1) is 10.3. The monoisotopic (exact) mass is 309 g/mol. The highest BCUT2D eigenvalue weighted by atomic mass is 32.1. The lowest BCUT2D eigenvalue weighted by Gasteiger charge is -2.38. The Bertz CT molecular complexity index is 440. The molecule has 0 radical (unpaired) electrons. The van der Waals surface area contributed by atoms with Crippen molar-refractivity contribution >= 4 is 11.3 Å². The highest BCUT2D eigenvalue weighted by Crippen LogP contribution is 2.42. The summed E-state index contributed by atoms with van der Waals surface area (Å²) in [6.07, 6.45) is 9.13. The van der Waals surface area contributed by atoms with Gasteiger partial charge in [0.05, 0.1) is 17.6 Å². The Morgan fingerprint density at radius 3 is 3.10 bits per heavy atom. The molecule has 3 nitrogen and oxygen atoms in total. The molecular weight excluding hydrogens is 282 g/mol. The molecule has 2 aliphatic rings. The molecule has 1 atom stereocenters. The van der Waals surface area contributed by atoms with E-state index in [0.29, 0.717) is 0 Å². The first kappa shape index (κ1) is 15.3. The van der Waals surface area contributed by atoms with Crippen molar-refractivity contribution in [2.24, 2.45) is 5.92 Å². The van der Waals surface area contributed by atoms with Crippen LogP contribution in [-0.4, -0.2) is 25.9 Å². The smallest absolute Gasteiger partial charge is 0.134 e. The average Bonchev–Trinajstić information content (AvgIpc) is 3.13. The van der Waals surface area contributed by atoms with Crippen molar-refractivity contribution in [3.05, 3.63) is 16.3 Å². The number of hydrogen-bond donors (Lipinski definition) is 1. The number of hydrogen-bond acceptors (Lipinski definition) is 4. The van der Waals surface area contributed by atoms with Gasteiger partial charge < -0.3 is 14.8 Å². The molecular formula is C17H27NO2S. The molecule has 21 heavy (non-hydrogen) atoms. The fourth-order valence-electron chi connectivity index (χ4n) is 3.89.